The number of phosphoric ester groups is 1. The smallest absolute Gasteiger partial charge is 0.383 e. The van der Waals surface area contributed by atoms with Crippen LogP contribution in [0.2, 0.25) is 0 Å². The molecule has 0 spiro atoms. The van der Waals surface area contributed by atoms with Gasteiger partial charge in [0.1, 0.15) is 36.7 Å². The van der Waals surface area contributed by atoms with E-state index >= 15 is 0 Å². The molecule has 0 radical (unpaired) electrons. The predicted octanol–water partition coefficient (Wildman–Crippen LogP) is 3.51. The first-order chi connectivity index (χ1) is 19.8. The molecule has 0 aromatic heterocycles. The van der Waals surface area contributed by atoms with Gasteiger partial charge in [0, 0.05) is 38.6 Å². The summed E-state index contributed by atoms with van der Waals surface area (Å²) >= 11 is 2.12. The maximum atomic E-state index is 12.3. The molecule has 0 saturated carbocycles. The predicted molar refractivity (Wildman–Crippen MR) is 173 cm³/mol. The van der Waals surface area contributed by atoms with Crippen LogP contribution in [0, 0.1) is 11.8 Å². The Balaban J connectivity index is 2.15. The third-order valence-electron chi connectivity index (χ3n) is 4.62. The third kappa shape index (κ3) is 16.1. The molecule has 1 saturated heterocycles. The van der Waals surface area contributed by atoms with Gasteiger partial charge in [-0.05, 0) is 7.97 Å². The number of halogens is 1. The van der Waals surface area contributed by atoms with E-state index in [1.54, 1.807) is 10.8 Å². The molecule has 0 amide bonds. The normalized spacial score (nSPS) is 25.7. The van der Waals surface area contributed by atoms with Gasteiger partial charge in [0.2, 0.25) is 6.35 Å². The number of nitrogens with two attached hydrogens (primary N) is 1. The van der Waals surface area contributed by atoms with Crippen LogP contribution in [-0.2, 0) is 41.1 Å². The number of aliphatic hydroxyl groups is 1. The lowest BCUT2D eigenvalue weighted by Crippen LogP contribution is -2.43. The highest BCUT2D eigenvalue weighted by atomic mass is 127. The monoisotopic (exact) mass is 861 g/mol. The van der Waals surface area contributed by atoms with Gasteiger partial charge in [-0.2, -0.15) is 8.62 Å². The summed E-state index contributed by atoms with van der Waals surface area (Å²) in [6.07, 6.45) is -2.72. The SMILES string of the molecule is CC(C)(C)SSCO[C@@H]1C[C@H](N2C=C(C#CCOCSSI)C(N)=NC2O)O[C@@H]1COP(=O)(O)OP(=O)(O)OP(=O)(O)O. The first-order valence-electron chi connectivity index (χ1n) is 11.6. The van der Waals surface area contributed by atoms with E-state index in [-0.39, 0.29) is 35.1 Å². The lowest BCUT2D eigenvalue weighted by atomic mass is 10.1. The molecule has 2 aliphatic rings. The van der Waals surface area contributed by atoms with Crippen LogP contribution in [0.1, 0.15) is 27.2 Å². The summed E-state index contributed by atoms with van der Waals surface area (Å²) in [5, 5.41) is 10.6. The molecule has 0 bridgehead atoms. The van der Waals surface area contributed by atoms with Crippen LogP contribution in [0.15, 0.2) is 16.8 Å². The lowest BCUT2D eigenvalue weighted by molar-refractivity contribution is -0.111. The van der Waals surface area contributed by atoms with Crippen molar-refractivity contribution >= 4 is 90.9 Å². The summed E-state index contributed by atoms with van der Waals surface area (Å²) in [6.45, 7) is 5.42. The summed E-state index contributed by atoms with van der Waals surface area (Å²) < 4.78 is 64.2. The Kier molecular flexibility index (Phi) is 16.7. The van der Waals surface area contributed by atoms with Crippen LogP contribution in [0.25, 0.3) is 0 Å². The largest absolute Gasteiger partial charge is 0.490 e. The summed E-state index contributed by atoms with van der Waals surface area (Å²) in [7, 11) is -10.7. The van der Waals surface area contributed by atoms with Gasteiger partial charge < -0.3 is 49.5 Å². The Morgan fingerprint density at radius 3 is 2.49 bits per heavy atom. The van der Waals surface area contributed by atoms with Gasteiger partial charge in [-0.3, -0.25) is 4.52 Å². The number of phosphoric acid groups is 3. The number of aliphatic imine (C=N–C) groups is 1. The van der Waals surface area contributed by atoms with E-state index < -0.39 is 54.9 Å². The molecule has 1 fully saturated rings. The van der Waals surface area contributed by atoms with Crippen molar-refractivity contribution < 1.29 is 65.7 Å². The maximum Gasteiger partial charge on any atom is 0.490 e. The van der Waals surface area contributed by atoms with Gasteiger partial charge in [-0.15, -0.1) is 0 Å². The van der Waals surface area contributed by atoms with E-state index in [1.807, 2.05) is 20.8 Å². The molecule has 43 heavy (non-hydrogen) atoms. The number of ether oxygens (including phenoxy) is 3. The Bertz CT molecular complexity index is 1210. The standard InChI is InChI=1S/C18H31IN3O14P3S4/c1-18(2,3)42-40-11-32-13-7-15(22-8-12(16(20)21-17(22)23)5-4-6-31-10-41-43-19)34-14(13)9-33-38(27,28)36-39(29,30)35-37(24,25)26/h8,13-15,17,23H,6-7,9-11H2,1-3H3,(H2,20,21)(H,27,28)(H,29,30)(H2,24,25,26)/t13-,14-,15-,17?/m1/s1. The van der Waals surface area contributed by atoms with E-state index in [1.165, 1.54) is 40.7 Å². The molecule has 25 heteroatoms. The fraction of sp³-hybridized carbons (Fsp3) is 0.722. The van der Waals surface area contributed by atoms with Gasteiger partial charge in [0.15, 0.2) is 0 Å². The van der Waals surface area contributed by atoms with Crippen LogP contribution in [0.4, 0.5) is 0 Å². The van der Waals surface area contributed by atoms with Crippen molar-refractivity contribution in [1.82, 2.24) is 4.90 Å². The van der Waals surface area contributed by atoms with Gasteiger partial charge in [0.25, 0.3) is 0 Å². The van der Waals surface area contributed by atoms with Gasteiger partial charge in [-0.1, -0.05) is 65.0 Å². The average Bonchev–Trinajstić information content (AvgIpc) is 3.23. The summed E-state index contributed by atoms with van der Waals surface area (Å²) in [5.41, 5.74) is 6.20. The second-order valence-corrected chi connectivity index (χ2v) is 21.6. The van der Waals surface area contributed by atoms with Crippen molar-refractivity contribution in [3.63, 3.8) is 0 Å². The molecule has 17 nitrogen and oxygen atoms in total. The highest BCUT2D eigenvalue weighted by Crippen LogP contribution is 2.66. The Morgan fingerprint density at radius 2 is 1.86 bits per heavy atom. The molecule has 2 aliphatic heterocycles. The first kappa shape index (κ1) is 40.1. The zero-order chi connectivity index (χ0) is 32.5. The molecular formula is C18H31IN3O14P3S4. The van der Waals surface area contributed by atoms with Gasteiger partial charge in [0.05, 0.1) is 18.3 Å². The van der Waals surface area contributed by atoms with Crippen molar-refractivity contribution in [2.24, 2.45) is 10.7 Å². The fourth-order valence-corrected chi connectivity index (χ4v) is 9.61. The van der Waals surface area contributed by atoms with Crippen LogP contribution in [0.3, 0.4) is 0 Å². The van der Waals surface area contributed by atoms with Gasteiger partial charge >= 0.3 is 23.5 Å². The maximum absolute atomic E-state index is 12.3. The minimum atomic E-state index is -5.70. The van der Waals surface area contributed by atoms with E-state index in [4.69, 9.17) is 34.3 Å². The van der Waals surface area contributed by atoms with Crippen LogP contribution < -0.4 is 5.73 Å². The molecule has 3 unspecified atom stereocenters. The van der Waals surface area contributed by atoms with Crippen LogP contribution in [0.5, 0.6) is 0 Å². The van der Waals surface area contributed by atoms with Gasteiger partial charge in [-0.25, -0.2) is 18.7 Å². The second-order valence-electron chi connectivity index (χ2n) is 9.19. The molecule has 2 heterocycles. The van der Waals surface area contributed by atoms with Crippen molar-refractivity contribution in [2.45, 2.75) is 56.7 Å². The molecule has 248 valence electrons. The van der Waals surface area contributed by atoms with E-state index in [9.17, 15) is 28.6 Å². The van der Waals surface area contributed by atoms with E-state index in [0.29, 0.717) is 5.94 Å². The molecule has 0 aliphatic carbocycles. The number of rotatable bonds is 16. The summed E-state index contributed by atoms with van der Waals surface area (Å²) in [6, 6.07) is 0. The quantitative estimate of drug-likeness (QED) is 0.0324. The average molecular weight is 862 g/mol. The Morgan fingerprint density at radius 1 is 1.16 bits per heavy atom. The topological polar surface area (TPSA) is 249 Å². The van der Waals surface area contributed by atoms with Crippen molar-refractivity contribution in [2.75, 3.05) is 25.1 Å². The second kappa shape index (κ2) is 17.9. The lowest BCUT2D eigenvalue weighted by Gasteiger charge is -2.32. The zero-order valence-electron chi connectivity index (χ0n) is 22.7. The first-order valence-corrected chi connectivity index (χ1v) is 23.3. The number of hydrogen-bond acceptors (Lipinski definition) is 17. The number of amidine groups is 1. The highest BCUT2D eigenvalue weighted by molar-refractivity contribution is 14.2. The Labute approximate surface area is 276 Å². The molecule has 0 aromatic carbocycles. The summed E-state index contributed by atoms with van der Waals surface area (Å²) in [5.74, 6) is 6.21. The number of nitrogens with zero attached hydrogens (tertiary/aromatic N) is 2. The number of aliphatic hydroxyl groups excluding tert-OH is 1. The summed E-state index contributed by atoms with van der Waals surface area (Å²) in [4.78, 5) is 42.0. The van der Waals surface area contributed by atoms with Crippen LogP contribution >= 0.6 is 85.0 Å². The Hall–Kier alpha value is 0.950. The van der Waals surface area contributed by atoms with Crippen molar-refractivity contribution in [3.8, 4) is 11.8 Å². The van der Waals surface area contributed by atoms with E-state index in [2.05, 4.69) is 46.7 Å². The molecule has 2 rings (SSSR count). The molecular weight excluding hydrogens is 830 g/mol. The van der Waals surface area contributed by atoms with Crippen LogP contribution in [-0.4, -0.2) is 90.0 Å². The molecule has 0 aromatic rings. The molecule has 7 N–H and O–H groups in total. The van der Waals surface area contributed by atoms with Crippen molar-refractivity contribution in [3.05, 3.63) is 11.8 Å². The fourth-order valence-electron chi connectivity index (χ4n) is 3.14. The minimum Gasteiger partial charge on any atom is -0.383 e. The zero-order valence-corrected chi connectivity index (χ0v) is 30.8. The minimum absolute atomic E-state index is 0.0148. The van der Waals surface area contributed by atoms with Crippen molar-refractivity contribution in [1.29, 1.82) is 0 Å². The third-order valence-corrected chi connectivity index (χ3v) is 14.6. The number of hydrogen-bond donors (Lipinski definition) is 6. The highest BCUT2D eigenvalue weighted by Gasteiger charge is 2.45. The van der Waals surface area contributed by atoms with E-state index in [0.717, 1.165) is 0 Å². The molecule has 6 atom stereocenters.